The Balaban J connectivity index is 2.37. The molecule has 112 valence electrons. The minimum atomic E-state index is -0.720. The summed E-state index contributed by atoms with van der Waals surface area (Å²) in [5, 5.41) is 0. The van der Waals surface area contributed by atoms with Crippen molar-refractivity contribution in [3.8, 4) is 0 Å². The first-order valence-electron chi connectivity index (χ1n) is 6.50. The Morgan fingerprint density at radius 1 is 1.48 bits per heavy atom. The molecule has 1 aliphatic rings. The summed E-state index contributed by atoms with van der Waals surface area (Å²) in [5.74, 6) is -2.86. The summed E-state index contributed by atoms with van der Waals surface area (Å²) < 4.78 is 18.2. The van der Waals surface area contributed by atoms with E-state index in [1.165, 1.54) is 11.0 Å². The van der Waals surface area contributed by atoms with E-state index in [-0.39, 0.29) is 36.7 Å². The zero-order chi connectivity index (χ0) is 15.6. The summed E-state index contributed by atoms with van der Waals surface area (Å²) in [5.41, 5.74) is 5.38. The van der Waals surface area contributed by atoms with Crippen LogP contribution >= 0.6 is 0 Å². The van der Waals surface area contributed by atoms with Crippen molar-refractivity contribution in [3.63, 3.8) is 0 Å². The standard InChI is InChI=1S/C14H15FN2O4/c1-2-21-14(20)10-6-9(15)3-4-11(10)17-7-8(13(16)19)5-12(17)18/h3-4,6,8H,2,5,7H2,1H3,(H2,16,19). The maximum Gasteiger partial charge on any atom is 0.340 e. The van der Waals surface area contributed by atoms with Crippen LogP contribution in [0.4, 0.5) is 10.1 Å². The summed E-state index contributed by atoms with van der Waals surface area (Å²) >= 11 is 0. The highest BCUT2D eigenvalue weighted by molar-refractivity contribution is 6.05. The van der Waals surface area contributed by atoms with E-state index in [0.29, 0.717) is 0 Å². The minimum Gasteiger partial charge on any atom is -0.462 e. The Labute approximate surface area is 120 Å². The van der Waals surface area contributed by atoms with Crippen LogP contribution in [0.5, 0.6) is 0 Å². The fraction of sp³-hybridized carbons (Fsp3) is 0.357. The van der Waals surface area contributed by atoms with E-state index in [1.807, 2.05) is 0 Å². The third kappa shape index (κ3) is 3.01. The van der Waals surface area contributed by atoms with Crippen LogP contribution in [0.2, 0.25) is 0 Å². The van der Waals surface area contributed by atoms with Gasteiger partial charge in [-0.15, -0.1) is 0 Å². The molecule has 0 radical (unpaired) electrons. The number of hydrogen-bond donors (Lipinski definition) is 1. The maximum absolute atomic E-state index is 13.4. The number of carbonyl (C=O) groups is 3. The molecule has 1 fully saturated rings. The third-order valence-corrected chi connectivity index (χ3v) is 3.27. The summed E-state index contributed by atoms with van der Waals surface area (Å²) in [7, 11) is 0. The van der Waals surface area contributed by atoms with Gasteiger partial charge in [0.05, 0.1) is 23.8 Å². The van der Waals surface area contributed by atoms with Gasteiger partial charge in [-0.1, -0.05) is 0 Å². The van der Waals surface area contributed by atoms with Crippen LogP contribution < -0.4 is 10.6 Å². The number of nitrogens with zero attached hydrogens (tertiary/aromatic N) is 1. The second-order valence-electron chi connectivity index (χ2n) is 4.69. The number of ether oxygens (including phenoxy) is 1. The molecule has 2 N–H and O–H groups in total. The summed E-state index contributed by atoms with van der Waals surface area (Å²) in [6, 6.07) is 3.48. The quantitative estimate of drug-likeness (QED) is 0.833. The number of halogens is 1. The van der Waals surface area contributed by atoms with Gasteiger partial charge in [-0.05, 0) is 25.1 Å². The van der Waals surface area contributed by atoms with Crippen molar-refractivity contribution in [3.05, 3.63) is 29.6 Å². The van der Waals surface area contributed by atoms with Gasteiger partial charge in [0.2, 0.25) is 11.8 Å². The van der Waals surface area contributed by atoms with Crippen molar-refractivity contribution in [2.45, 2.75) is 13.3 Å². The molecule has 0 saturated carbocycles. The molecule has 2 rings (SSSR count). The van der Waals surface area contributed by atoms with E-state index in [2.05, 4.69) is 0 Å². The number of primary amides is 1. The van der Waals surface area contributed by atoms with Gasteiger partial charge < -0.3 is 15.4 Å². The van der Waals surface area contributed by atoms with Crippen molar-refractivity contribution in [2.24, 2.45) is 11.7 Å². The van der Waals surface area contributed by atoms with Crippen molar-refractivity contribution in [1.82, 2.24) is 0 Å². The number of hydrogen-bond acceptors (Lipinski definition) is 4. The van der Waals surface area contributed by atoms with Crippen LogP contribution in [0, 0.1) is 11.7 Å². The predicted molar refractivity (Wildman–Crippen MR) is 72.0 cm³/mol. The normalized spacial score (nSPS) is 17.9. The molecular formula is C14H15FN2O4. The fourth-order valence-electron chi connectivity index (χ4n) is 2.25. The highest BCUT2D eigenvalue weighted by Crippen LogP contribution is 2.29. The molecular weight excluding hydrogens is 279 g/mol. The minimum absolute atomic E-state index is 0.0189. The first-order chi connectivity index (χ1) is 9.93. The number of benzene rings is 1. The van der Waals surface area contributed by atoms with Gasteiger partial charge in [0.25, 0.3) is 0 Å². The lowest BCUT2D eigenvalue weighted by molar-refractivity contribution is -0.123. The van der Waals surface area contributed by atoms with Gasteiger partial charge in [-0.2, -0.15) is 0 Å². The molecule has 21 heavy (non-hydrogen) atoms. The van der Waals surface area contributed by atoms with Crippen LogP contribution in [0.25, 0.3) is 0 Å². The molecule has 1 atom stereocenters. The Bertz CT molecular complexity index is 603. The van der Waals surface area contributed by atoms with Gasteiger partial charge in [0.15, 0.2) is 0 Å². The second-order valence-corrected chi connectivity index (χ2v) is 4.69. The number of anilines is 1. The largest absolute Gasteiger partial charge is 0.462 e. The monoisotopic (exact) mass is 294 g/mol. The van der Waals surface area contributed by atoms with E-state index in [9.17, 15) is 18.8 Å². The molecule has 1 aliphatic heterocycles. The fourth-order valence-corrected chi connectivity index (χ4v) is 2.25. The highest BCUT2D eigenvalue weighted by Gasteiger charge is 2.35. The Hall–Kier alpha value is -2.44. The SMILES string of the molecule is CCOC(=O)c1cc(F)ccc1N1CC(C(N)=O)CC1=O. The molecule has 1 aromatic carbocycles. The van der Waals surface area contributed by atoms with Crippen molar-refractivity contribution in [2.75, 3.05) is 18.1 Å². The lowest BCUT2D eigenvalue weighted by Crippen LogP contribution is -2.29. The number of rotatable bonds is 4. The third-order valence-electron chi connectivity index (χ3n) is 3.27. The van der Waals surface area contributed by atoms with Crippen molar-refractivity contribution < 1.29 is 23.5 Å². The average Bonchev–Trinajstić information content (AvgIpc) is 2.81. The van der Waals surface area contributed by atoms with Gasteiger partial charge in [0, 0.05) is 13.0 Å². The van der Waals surface area contributed by atoms with E-state index in [0.717, 1.165) is 12.1 Å². The lowest BCUT2D eigenvalue weighted by atomic mass is 10.1. The summed E-state index contributed by atoms with van der Waals surface area (Å²) in [6.45, 7) is 1.83. The van der Waals surface area contributed by atoms with Crippen molar-refractivity contribution in [1.29, 1.82) is 0 Å². The van der Waals surface area contributed by atoms with E-state index >= 15 is 0 Å². The first kappa shape index (κ1) is 15.0. The molecule has 7 heteroatoms. The molecule has 1 saturated heterocycles. The van der Waals surface area contributed by atoms with E-state index in [1.54, 1.807) is 6.92 Å². The zero-order valence-corrected chi connectivity index (χ0v) is 11.5. The van der Waals surface area contributed by atoms with Crippen LogP contribution in [-0.4, -0.2) is 30.9 Å². The highest BCUT2D eigenvalue weighted by atomic mass is 19.1. The zero-order valence-electron chi connectivity index (χ0n) is 11.5. The lowest BCUT2D eigenvalue weighted by Gasteiger charge is -2.19. The number of carbonyl (C=O) groups excluding carboxylic acids is 3. The van der Waals surface area contributed by atoms with Crippen LogP contribution in [0.15, 0.2) is 18.2 Å². The molecule has 1 unspecified atom stereocenters. The van der Waals surface area contributed by atoms with Crippen molar-refractivity contribution >= 4 is 23.5 Å². The smallest absolute Gasteiger partial charge is 0.340 e. The summed E-state index contributed by atoms with van der Waals surface area (Å²) in [4.78, 5) is 36.3. The maximum atomic E-state index is 13.4. The molecule has 2 amide bonds. The molecule has 0 aliphatic carbocycles. The van der Waals surface area contributed by atoms with Gasteiger partial charge >= 0.3 is 5.97 Å². The first-order valence-corrected chi connectivity index (χ1v) is 6.50. The molecule has 0 bridgehead atoms. The predicted octanol–water partition coefficient (Wildman–Crippen LogP) is 0.841. The van der Waals surface area contributed by atoms with E-state index in [4.69, 9.17) is 10.5 Å². The summed E-state index contributed by atoms with van der Waals surface area (Å²) in [6.07, 6.45) is -0.0189. The van der Waals surface area contributed by atoms with Gasteiger partial charge in [-0.3, -0.25) is 9.59 Å². The Morgan fingerprint density at radius 2 is 2.19 bits per heavy atom. The molecule has 0 spiro atoms. The van der Waals surface area contributed by atoms with Crippen LogP contribution in [-0.2, 0) is 14.3 Å². The number of esters is 1. The van der Waals surface area contributed by atoms with Gasteiger partial charge in [-0.25, -0.2) is 9.18 Å². The van der Waals surface area contributed by atoms with Gasteiger partial charge in [0.1, 0.15) is 5.82 Å². The molecule has 1 aromatic rings. The number of amides is 2. The molecule has 0 aromatic heterocycles. The Kier molecular flexibility index (Phi) is 4.21. The molecule has 1 heterocycles. The van der Waals surface area contributed by atoms with E-state index < -0.39 is 23.6 Å². The average molecular weight is 294 g/mol. The number of nitrogens with two attached hydrogens (primary N) is 1. The second kappa shape index (κ2) is 5.90. The molecule has 6 nitrogen and oxygen atoms in total. The topological polar surface area (TPSA) is 89.7 Å². The van der Waals surface area contributed by atoms with Crippen LogP contribution in [0.3, 0.4) is 0 Å². The van der Waals surface area contributed by atoms with Crippen LogP contribution in [0.1, 0.15) is 23.7 Å². The Morgan fingerprint density at radius 3 is 2.76 bits per heavy atom.